The molecule has 0 bridgehead atoms. The van der Waals surface area contributed by atoms with Crippen LogP contribution in [0.2, 0.25) is 10.0 Å². The van der Waals surface area contributed by atoms with Gasteiger partial charge in [-0.25, -0.2) is 0 Å². The van der Waals surface area contributed by atoms with Gasteiger partial charge < -0.3 is 10.7 Å². The standard InChI is InChI=1S/C18H16Cl2N4O/c1-9-6-7-13(17-14(9)16(24-21)10(2)8-22-17)23-18(25)15-11(19)4-3-5-12(15)20/h3-8H,21H2,1-2H3,(H,22,24)(H,23,25). The zero-order chi connectivity index (χ0) is 18.1. The lowest BCUT2D eigenvalue weighted by Gasteiger charge is -2.15. The van der Waals surface area contributed by atoms with Gasteiger partial charge in [0.05, 0.1) is 32.5 Å². The first-order valence-electron chi connectivity index (χ1n) is 7.55. The summed E-state index contributed by atoms with van der Waals surface area (Å²) in [7, 11) is 0. The number of rotatable bonds is 3. The minimum atomic E-state index is -0.398. The number of carbonyl (C=O) groups is 1. The maximum absolute atomic E-state index is 12.7. The fourth-order valence-corrected chi connectivity index (χ4v) is 3.32. The average molecular weight is 375 g/mol. The van der Waals surface area contributed by atoms with Crippen LogP contribution in [0.25, 0.3) is 10.9 Å². The molecule has 1 amide bonds. The molecule has 4 N–H and O–H groups in total. The first-order valence-corrected chi connectivity index (χ1v) is 8.30. The van der Waals surface area contributed by atoms with Gasteiger partial charge in [-0.05, 0) is 43.2 Å². The second-order valence-corrected chi connectivity index (χ2v) is 6.48. The van der Waals surface area contributed by atoms with Crippen LogP contribution in [0, 0.1) is 13.8 Å². The number of aromatic nitrogens is 1. The van der Waals surface area contributed by atoms with Crippen LogP contribution in [0.4, 0.5) is 11.4 Å². The number of aryl methyl sites for hydroxylation is 2. The Bertz CT molecular complexity index is 968. The zero-order valence-corrected chi connectivity index (χ0v) is 15.2. The topological polar surface area (TPSA) is 80.0 Å². The molecule has 7 heteroatoms. The molecule has 5 nitrogen and oxygen atoms in total. The number of nitrogen functional groups attached to an aromatic ring is 1. The van der Waals surface area contributed by atoms with E-state index < -0.39 is 5.91 Å². The third kappa shape index (κ3) is 3.14. The number of benzene rings is 2. The summed E-state index contributed by atoms with van der Waals surface area (Å²) in [5, 5.41) is 4.27. The van der Waals surface area contributed by atoms with E-state index in [1.165, 1.54) is 0 Å². The Morgan fingerprint density at radius 1 is 1.08 bits per heavy atom. The number of carbonyl (C=O) groups excluding carboxylic acids is 1. The highest BCUT2D eigenvalue weighted by Gasteiger charge is 2.17. The van der Waals surface area contributed by atoms with Crippen LogP contribution < -0.4 is 16.6 Å². The summed E-state index contributed by atoms with van der Waals surface area (Å²) in [6.07, 6.45) is 1.70. The van der Waals surface area contributed by atoms with Crippen molar-refractivity contribution in [1.29, 1.82) is 0 Å². The van der Waals surface area contributed by atoms with Crippen molar-refractivity contribution < 1.29 is 4.79 Å². The van der Waals surface area contributed by atoms with Gasteiger partial charge in [0.2, 0.25) is 0 Å². The Balaban J connectivity index is 2.11. The normalized spacial score (nSPS) is 10.8. The second kappa shape index (κ2) is 6.88. The van der Waals surface area contributed by atoms with Gasteiger partial charge in [0.1, 0.15) is 0 Å². The first kappa shape index (κ1) is 17.5. The summed E-state index contributed by atoms with van der Waals surface area (Å²) in [5.41, 5.74) is 6.81. The Labute approximate surface area is 155 Å². The van der Waals surface area contributed by atoms with Gasteiger partial charge in [0, 0.05) is 11.6 Å². The monoisotopic (exact) mass is 374 g/mol. The SMILES string of the molecule is Cc1cnc2c(NC(=O)c3c(Cl)cccc3Cl)ccc(C)c2c1NN. The van der Waals surface area contributed by atoms with Crippen molar-refractivity contribution in [3.63, 3.8) is 0 Å². The summed E-state index contributed by atoms with van der Waals surface area (Å²) in [6.45, 7) is 3.87. The van der Waals surface area contributed by atoms with Crippen molar-refractivity contribution in [2.24, 2.45) is 5.84 Å². The number of fused-ring (bicyclic) bond motifs is 1. The Kier molecular flexibility index (Phi) is 4.81. The minimum absolute atomic E-state index is 0.226. The second-order valence-electron chi connectivity index (χ2n) is 5.66. The molecule has 3 aromatic rings. The number of pyridine rings is 1. The predicted molar refractivity (Wildman–Crippen MR) is 103 cm³/mol. The van der Waals surface area contributed by atoms with Crippen molar-refractivity contribution in [1.82, 2.24) is 4.98 Å². The van der Waals surface area contributed by atoms with E-state index >= 15 is 0 Å². The highest BCUT2D eigenvalue weighted by molar-refractivity contribution is 6.40. The molecule has 0 atom stereocenters. The van der Waals surface area contributed by atoms with Crippen LogP contribution in [0.3, 0.4) is 0 Å². The Hall–Kier alpha value is -2.34. The molecule has 1 heterocycles. The quantitative estimate of drug-likeness (QED) is 0.458. The number of nitrogens with one attached hydrogen (secondary N) is 2. The van der Waals surface area contributed by atoms with Gasteiger partial charge in [-0.3, -0.25) is 15.6 Å². The average Bonchev–Trinajstić information content (AvgIpc) is 2.57. The number of nitrogens with two attached hydrogens (primary N) is 1. The summed E-state index contributed by atoms with van der Waals surface area (Å²) in [4.78, 5) is 17.1. The van der Waals surface area contributed by atoms with Crippen molar-refractivity contribution >= 4 is 51.4 Å². The van der Waals surface area contributed by atoms with Crippen LogP contribution in [0.5, 0.6) is 0 Å². The number of amides is 1. The molecule has 0 aliphatic rings. The number of anilines is 2. The van der Waals surface area contributed by atoms with E-state index in [9.17, 15) is 4.79 Å². The summed E-state index contributed by atoms with van der Waals surface area (Å²) in [5.74, 6) is 5.27. The van der Waals surface area contributed by atoms with Gasteiger partial charge in [-0.2, -0.15) is 0 Å². The van der Waals surface area contributed by atoms with E-state index in [1.807, 2.05) is 19.9 Å². The van der Waals surface area contributed by atoms with Crippen LogP contribution in [0.15, 0.2) is 36.5 Å². The van der Waals surface area contributed by atoms with Gasteiger partial charge in [0.15, 0.2) is 0 Å². The Morgan fingerprint density at radius 3 is 2.40 bits per heavy atom. The fourth-order valence-electron chi connectivity index (χ4n) is 2.75. The number of hydrazine groups is 1. The van der Waals surface area contributed by atoms with Gasteiger partial charge in [-0.1, -0.05) is 35.3 Å². The number of hydrogen-bond acceptors (Lipinski definition) is 4. The molecule has 0 aliphatic heterocycles. The zero-order valence-electron chi connectivity index (χ0n) is 13.7. The molecule has 0 aliphatic carbocycles. The molecule has 2 aromatic carbocycles. The van der Waals surface area contributed by atoms with E-state index in [0.717, 1.165) is 22.2 Å². The number of hydrogen-bond donors (Lipinski definition) is 3. The minimum Gasteiger partial charge on any atom is -0.323 e. The lowest BCUT2D eigenvalue weighted by molar-refractivity contribution is 0.102. The molecule has 1 aromatic heterocycles. The van der Waals surface area contributed by atoms with E-state index in [4.69, 9.17) is 29.0 Å². The molecule has 0 saturated heterocycles. The molecule has 0 saturated carbocycles. The van der Waals surface area contributed by atoms with Gasteiger partial charge >= 0.3 is 0 Å². The smallest absolute Gasteiger partial charge is 0.258 e. The van der Waals surface area contributed by atoms with Crippen LogP contribution in [0.1, 0.15) is 21.5 Å². The van der Waals surface area contributed by atoms with Gasteiger partial charge in [-0.15, -0.1) is 0 Å². The molecule has 128 valence electrons. The highest BCUT2D eigenvalue weighted by atomic mass is 35.5. The van der Waals surface area contributed by atoms with E-state index in [2.05, 4.69) is 15.7 Å². The van der Waals surface area contributed by atoms with Crippen molar-refractivity contribution in [2.75, 3.05) is 10.7 Å². The molecule has 0 fully saturated rings. The lowest BCUT2D eigenvalue weighted by atomic mass is 10.0. The van der Waals surface area contributed by atoms with Crippen LogP contribution >= 0.6 is 23.2 Å². The summed E-state index contributed by atoms with van der Waals surface area (Å²) >= 11 is 12.2. The third-order valence-electron chi connectivity index (χ3n) is 4.00. The van der Waals surface area contributed by atoms with Gasteiger partial charge in [0.25, 0.3) is 5.91 Å². The summed E-state index contributed by atoms with van der Waals surface area (Å²) < 4.78 is 0. The molecule has 0 unspecified atom stereocenters. The molecule has 25 heavy (non-hydrogen) atoms. The van der Waals surface area contributed by atoms with Crippen LogP contribution in [-0.2, 0) is 0 Å². The van der Waals surface area contributed by atoms with Crippen molar-refractivity contribution in [3.05, 3.63) is 63.3 Å². The maximum atomic E-state index is 12.7. The maximum Gasteiger partial charge on any atom is 0.258 e. The first-order chi connectivity index (χ1) is 11.9. The van der Waals surface area contributed by atoms with E-state index in [1.54, 1.807) is 30.5 Å². The molecule has 0 radical (unpaired) electrons. The van der Waals surface area contributed by atoms with Crippen LogP contribution in [-0.4, -0.2) is 10.9 Å². The fraction of sp³-hybridized carbons (Fsp3) is 0.111. The van der Waals surface area contributed by atoms with E-state index in [-0.39, 0.29) is 15.6 Å². The number of nitrogens with zero attached hydrogens (tertiary/aromatic N) is 1. The number of halogens is 2. The Morgan fingerprint density at radius 2 is 1.76 bits per heavy atom. The molecule has 3 rings (SSSR count). The molecule has 0 spiro atoms. The highest BCUT2D eigenvalue weighted by Crippen LogP contribution is 2.33. The third-order valence-corrected chi connectivity index (χ3v) is 4.63. The predicted octanol–water partition coefficient (Wildman–Crippen LogP) is 4.70. The van der Waals surface area contributed by atoms with Crippen molar-refractivity contribution in [3.8, 4) is 0 Å². The largest absolute Gasteiger partial charge is 0.323 e. The van der Waals surface area contributed by atoms with E-state index in [0.29, 0.717) is 11.2 Å². The summed E-state index contributed by atoms with van der Waals surface area (Å²) in [6, 6.07) is 8.62. The lowest BCUT2D eigenvalue weighted by Crippen LogP contribution is -2.14. The molecular weight excluding hydrogens is 359 g/mol. The van der Waals surface area contributed by atoms with Crippen molar-refractivity contribution in [2.45, 2.75) is 13.8 Å². The molecular formula is C18H16Cl2N4O.